The van der Waals surface area contributed by atoms with E-state index in [1.165, 1.54) is 4.90 Å². The van der Waals surface area contributed by atoms with Crippen LogP contribution in [0.2, 0.25) is 5.02 Å². The van der Waals surface area contributed by atoms with Crippen LogP contribution in [-0.2, 0) is 19.1 Å². The number of halogens is 1. The van der Waals surface area contributed by atoms with E-state index >= 15 is 0 Å². The Balaban J connectivity index is 1.57. The first-order valence-electron chi connectivity index (χ1n) is 12.3. The van der Waals surface area contributed by atoms with E-state index in [0.29, 0.717) is 22.7 Å². The number of pyridine rings is 1. The van der Waals surface area contributed by atoms with Gasteiger partial charge in [-0.05, 0) is 58.4 Å². The molecule has 2 heterocycles. The van der Waals surface area contributed by atoms with E-state index < -0.39 is 41.3 Å². The first kappa shape index (κ1) is 26.7. The second-order valence-electron chi connectivity index (χ2n) is 10.3. The van der Waals surface area contributed by atoms with Crippen LogP contribution in [0.3, 0.4) is 0 Å². The number of carbonyl (C=O) groups is 3. The summed E-state index contributed by atoms with van der Waals surface area (Å²) in [5, 5.41) is 4.16. The van der Waals surface area contributed by atoms with Gasteiger partial charge >= 0.3 is 12.1 Å². The van der Waals surface area contributed by atoms with Gasteiger partial charge in [0.2, 0.25) is 5.91 Å². The molecule has 1 saturated carbocycles. The fraction of sp³-hybridized carbons (Fsp3) is 0.481. The van der Waals surface area contributed by atoms with Crippen molar-refractivity contribution in [1.82, 2.24) is 15.2 Å². The summed E-state index contributed by atoms with van der Waals surface area (Å²) >= 11 is 6.10. The zero-order chi connectivity index (χ0) is 27.0. The summed E-state index contributed by atoms with van der Waals surface area (Å²) in [5.74, 6) is -0.659. The maximum Gasteiger partial charge on any atom is 0.411 e. The molecule has 4 atom stereocenters. The smallest absolute Gasteiger partial charge is 0.411 e. The van der Waals surface area contributed by atoms with Gasteiger partial charge in [-0.3, -0.25) is 14.7 Å². The number of nitrogens with zero attached hydrogens (tertiary/aromatic N) is 2. The van der Waals surface area contributed by atoms with Crippen LogP contribution in [0.15, 0.2) is 43.1 Å². The van der Waals surface area contributed by atoms with E-state index in [1.54, 1.807) is 58.2 Å². The molecule has 1 saturated heterocycles. The van der Waals surface area contributed by atoms with Gasteiger partial charge in [-0.1, -0.05) is 17.7 Å². The summed E-state index contributed by atoms with van der Waals surface area (Å²) < 4.78 is 17.1. The number of fused-ring (bicyclic) bond motifs is 1. The van der Waals surface area contributed by atoms with E-state index in [4.69, 9.17) is 25.8 Å². The summed E-state index contributed by atoms with van der Waals surface area (Å²) in [7, 11) is 0. The molecule has 1 unspecified atom stereocenters. The maximum absolute atomic E-state index is 13.5. The van der Waals surface area contributed by atoms with Gasteiger partial charge in [-0.25, -0.2) is 9.59 Å². The third kappa shape index (κ3) is 5.66. The number of benzene rings is 1. The molecule has 1 aliphatic carbocycles. The van der Waals surface area contributed by atoms with E-state index in [1.807, 2.05) is 6.07 Å². The largest absolute Gasteiger partial charge is 0.488 e. The molecule has 0 bridgehead atoms. The molecule has 9 nitrogen and oxygen atoms in total. The quantitative estimate of drug-likeness (QED) is 0.421. The van der Waals surface area contributed by atoms with E-state index in [9.17, 15) is 14.4 Å². The van der Waals surface area contributed by atoms with Gasteiger partial charge in [0.15, 0.2) is 0 Å². The molecule has 4 rings (SSSR count). The zero-order valence-electron chi connectivity index (χ0n) is 21.5. The van der Waals surface area contributed by atoms with Crippen LogP contribution in [0.25, 0.3) is 10.9 Å². The average molecular weight is 530 g/mol. The number of amides is 2. The van der Waals surface area contributed by atoms with Gasteiger partial charge < -0.3 is 19.5 Å². The Kier molecular flexibility index (Phi) is 7.37. The molecular formula is C27H32ClN3O6. The Labute approximate surface area is 221 Å². The minimum absolute atomic E-state index is 0.127. The monoisotopic (exact) mass is 529 g/mol. The molecule has 0 spiro atoms. The first-order valence-corrected chi connectivity index (χ1v) is 12.7. The minimum atomic E-state index is -1.17. The Hall–Kier alpha value is -3.33. The summed E-state index contributed by atoms with van der Waals surface area (Å²) in [5.41, 5.74) is -1.26. The molecule has 2 aromatic rings. The summed E-state index contributed by atoms with van der Waals surface area (Å²) in [4.78, 5) is 45.0. The molecule has 37 heavy (non-hydrogen) atoms. The Bertz CT molecular complexity index is 1230. The minimum Gasteiger partial charge on any atom is -0.488 e. The standard InChI is InChI=1S/C27H32ClN3O6/c1-6-16-14-27(16,24(33)35-7-2)30-23(32)21-13-18(15-31(21)25(34)37-26(3,4)5)36-22-10-11-29-20-12-17(28)8-9-19(20)22/h6,8-12,16,18,21H,1,7,13-15H2,2-5H3,(H,30,32)/t16-,18?,21+,27-/m1/s1. The lowest BCUT2D eigenvalue weighted by atomic mass is 10.1. The lowest BCUT2D eigenvalue weighted by molar-refractivity contribution is -0.149. The number of ether oxygens (including phenoxy) is 3. The molecule has 10 heteroatoms. The number of aromatic nitrogens is 1. The van der Waals surface area contributed by atoms with Crippen molar-refractivity contribution in [3.63, 3.8) is 0 Å². The Morgan fingerprint density at radius 2 is 2.05 bits per heavy atom. The first-order chi connectivity index (χ1) is 17.5. The van der Waals surface area contributed by atoms with Crippen LogP contribution < -0.4 is 10.1 Å². The molecular weight excluding hydrogens is 498 g/mol. The molecule has 2 amide bonds. The summed E-state index contributed by atoms with van der Waals surface area (Å²) in [6, 6.07) is 6.13. The van der Waals surface area contributed by atoms with Crippen molar-refractivity contribution in [2.45, 2.75) is 63.8 Å². The van der Waals surface area contributed by atoms with Gasteiger partial charge in [0.05, 0.1) is 18.7 Å². The molecule has 2 fully saturated rings. The summed E-state index contributed by atoms with van der Waals surface area (Å²) in [6.45, 7) is 11.1. The number of hydrogen-bond donors (Lipinski definition) is 1. The van der Waals surface area contributed by atoms with Gasteiger partial charge in [0.1, 0.15) is 29.0 Å². The number of rotatable bonds is 7. The van der Waals surface area contributed by atoms with Crippen molar-refractivity contribution in [2.24, 2.45) is 5.92 Å². The Morgan fingerprint density at radius 3 is 2.70 bits per heavy atom. The van der Waals surface area contributed by atoms with Crippen LogP contribution in [0.4, 0.5) is 4.79 Å². The van der Waals surface area contributed by atoms with E-state index in [-0.39, 0.29) is 25.5 Å². The van der Waals surface area contributed by atoms with E-state index in [2.05, 4.69) is 16.9 Å². The zero-order valence-corrected chi connectivity index (χ0v) is 22.2. The Morgan fingerprint density at radius 1 is 1.30 bits per heavy atom. The highest BCUT2D eigenvalue weighted by molar-refractivity contribution is 6.31. The fourth-order valence-corrected chi connectivity index (χ4v) is 4.76. The normalized spacial score (nSPS) is 24.9. The lowest BCUT2D eigenvalue weighted by Gasteiger charge is -2.28. The molecule has 1 aliphatic heterocycles. The van der Waals surface area contributed by atoms with Gasteiger partial charge in [-0.2, -0.15) is 0 Å². The van der Waals surface area contributed by atoms with Crippen molar-refractivity contribution in [3.8, 4) is 5.75 Å². The fourth-order valence-electron chi connectivity index (χ4n) is 4.60. The molecule has 2 aliphatic rings. The van der Waals surface area contributed by atoms with Crippen molar-refractivity contribution >= 4 is 40.5 Å². The number of esters is 1. The number of hydrogen-bond acceptors (Lipinski definition) is 7. The van der Waals surface area contributed by atoms with Crippen molar-refractivity contribution in [3.05, 3.63) is 48.1 Å². The highest BCUT2D eigenvalue weighted by atomic mass is 35.5. The predicted octanol–water partition coefficient (Wildman–Crippen LogP) is 4.27. The van der Waals surface area contributed by atoms with Crippen molar-refractivity contribution in [1.29, 1.82) is 0 Å². The third-order valence-corrected chi connectivity index (χ3v) is 6.67. The van der Waals surface area contributed by atoms with Crippen LogP contribution in [0, 0.1) is 5.92 Å². The second-order valence-corrected chi connectivity index (χ2v) is 10.8. The molecule has 1 N–H and O–H groups in total. The second kappa shape index (κ2) is 10.2. The van der Waals surface area contributed by atoms with Crippen LogP contribution in [0.1, 0.15) is 40.5 Å². The predicted molar refractivity (Wildman–Crippen MR) is 138 cm³/mol. The average Bonchev–Trinajstić information content (AvgIpc) is 3.37. The highest BCUT2D eigenvalue weighted by Crippen LogP contribution is 2.45. The lowest BCUT2D eigenvalue weighted by Crippen LogP contribution is -2.53. The molecule has 1 aromatic heterocycles. The van der Waals surface area contributed by atoms with E-state index in [0.717, 1.165) is 5.39 Å². The summed E-state index contributed by atoms with van der Waals surface area (Å²) in [6.07, 6.45) is 2.71. The number of likely N-dealkylation sites (tertiary alicyclic amines) is 1. The van der Waals surface area contributed by atoms with Crippen molar-refractivity contribution < 1.29 is 28.6 Å². The molecule has 1 aromatic carbocycles. The SMILES string of the molecule is C=C[C@@H]1C[C@]1(NC(=O)[C@@H]1CC(Oc2ccnc3cc(Cl)ccc23)CN1C(=O)OC(C)(C)C)C(=O)OCC. The highest BCUT2D eigenvalue weighted by Gasteiger charge is 2.62. The van der Waals surface area contributed by atoms with Crippen LogP contribution in [0.5, 0.6) is 5.75 Å². The van der Waals surface area contributed by atoms with Crippen molar-refractivity contribution in [2.75, 3.05) is 13.2 Å². The number of nitrogens with one attached hydrogen (secondary N) is 1. The van der Waals surface area contributed by atoms with Gasteiger partial charge in [0.25, 0.3) is 0 Å². The van der Waals surface area contributed by atoms with Gasteiger partial charge in [0, 0.05) is 28.9 Å². The van der Waals surface area contributed by atoms with Crippen LogP contribution in [-0.4, -0.2) is 64.3 Å². The number of carbonyl (C=O) groups excluding carboxylic acids is 3. The topological polar surface area (TPSA) is 107 Å². The molecule has 198 valence electrons. The van der Waals surface area contributed by atoms with Gasteiger partial charge in [-0.15, -0.1) is 6.58 Å². The molecule has 0 radical (unpaired) electrons. The third-order valence-electron chi connectivity index (χ3n) is 6.44. The maximum atomic E-state index is 13.5. The van der Waals surface area contributed by atoms with Crippen LogP contribution >= 0.6 is 11.6 Å².